The molecule has 0 aromatic carbocycles. The maximum absolute atomic E-state index is 11.8. The second-order valence-corrected chi connectivity index (χ2v) is 6.34. The van der Waals surface area contributed by atoms with Crippen molar-refractivity contribution in [2.45, 2.75) is 19.4 Å². The van der Waals surface area contributed by atoms with Crippen molar-refractivity contribution in [2.75, 3.05) is 45.8 Å². The second kappa shape index (κ2) is 7.02. The first kappa shape index (κ1) is 16.1. The van der Waals surface area contributed by atoms with Gasteiger partial charge in [0.25, 0.3) is 10.2 Å². The van der Waals surface area contributed by atoms with Crippen molar-refractivity contribution >= 4 is 22.6 Å². The molecule has 2 aliphatic heterocycles. The average molecular weight is 299 g/mol. The summed E-state index contributed by atoms with van der Waals surface area (Å²) in [6, 6.07) is 0.596. The standard InChI is InChI=1S/C10H22N4O2S.ClH/c1-2-12-17(15,16)14-7-5-13(6-8-14)10-3-4-11-9-10;/h10-12H,2-9H2,1H3;1H. The lowest BCUT2D eigenvalue weighted by Crippen LogP contribution is -2.54. The third kappa shape index (κ3) is 3.79. The quantitative estimate of drug-likeness (QED) is 0.716. The summed E-state index contributed by atoms with van der Waals surface area (Å²) in [7, 11) is -3.24. The van der Waals surface area contributed by atoms with Gasteiger partial charge in [-0.15, -0.1) is 12.4 Å². The Morgan fingerprint density at radius 1 is 1.28 bits per heavy atom. The van der Waals surface area contributed by atoms with Gasteiger partial charge in [0.1, 0.15) is 0 Å². The molecule has 0 aromatic heterocycles. The van der Waals surface area contributed by atoms with Gasteiger partial charge in [-0.25, -0.2) is 4.72 Å². The lowest BCUT2D eigenvalue weighted by molar-refractivity contribution is 0.144. The predicted molar refractivity (Wildman–Crippen MR) is 74.3 cm³/mol. The van der Waals surface area contributed by atoms with E-state index >= 15 is 0 Å². The summed E-state index contributed by atoms with van der Waals surface area (Å²) in [6.45, 7) is 7.28. The van der Waals surface area contributed by atoms with Gasteiger partial charge in [-0.05, 0) is 13.0 Å². The number of hydrogen-bond acceptors (Lipinski definition) is 4. The van der Waals surface area contributed by atoms with E-state index in [0.29, 0.717) is 25.7 Å². The second-order valence-electron chi connectivity index (χ2n) is 4.58. The molecule has 0 amide bonds. The topological polar surface area (TPSA) is 64.7 Å². The van der Waals surface area contributed by atoms with Crippen molar-refractivity contribution in [1.29, 1.82) is 0 Å². The zero-order valence-electron chi connectivity index (χ0n) is 10.8. The van der Waals surface area contributed by atoms with Gasteiger partial charge in [0.05, 0.1) is 0 Å². The molecule has 0 aromatic rings. The normalized spacial score (nSPS) is 27.1. The monoisotopic (exact) mass is 298 g/mol. The van der Waals surface area contributed by atoms with Crippen molar-refractivity contribution in [3.63, 3.8) is 0 Å². The molecule has 0 spiro atoms. The molecule has 18 heavy (non-hydrogen) atoms. The van der Waals surface area contributed by atoms with E-state index in [9.17, 15) is 8.42 Å². The number of hydrogen-bond donors (Lipinski definition) is 2. The van der Waals surface area contributed by atoms with Gasteiger partial charge in [0.2, 0.25) is 0 Å². The highest BCUT2D eigenvalue weighted by Crippen LogP contribution is 2.13. The lowest BCUT2D eigenvalue weighted by atomic mass is 10.2. The van der Waals surface area contributed by atoms with Crippen LogP contribution in [0.15, 0.2) is 0 Å². The number of nitrogens with one attached hydrogen (secondary N) is 2. The molecule has 0 saturated carbocycles. The number of halogens is 1. The largest absolute Gasteiger partial charge is 0.315 e. The van der Waals surface area contributed by atoms with Crippen molar-refractivity contribution in [3.8, 4) is 0 Å². The Morgan fingerprint density at radius 3 is 2.44 bits per heavy atom. The molecule has 108 valence electrons. The minimum absolute atomic E-state index is 0. The van der Waals surface area contributed by atoms with Crippen molar-refractivity contribution in [1.82, 2.24) is 19.2 Å². The molecule has 0 radical (unpaired) electrons. The zero-order chi connectivity index (χ0) is 12.3. The zero-order valence-corrected chi connectivity index (χ0v) is 12.4. The van der Waals surface area contributed by atoms with Crippen LogP contribution in [0.4, 0.5) is 0 Å². The van der Waals surface area contributed by atoms with Gasteiger partial charge in [-0.1, -0.05) is 6.92 Å². The summed E-state index contributed by atoms with van der Waals surface area (Å²) in [5.74, 6) is 0. The Hall–Kier alpha value is 0.0800. The Kier molecular flexibility index (Phi) is 6.29. The predicted octanol–water partition coefficient (Wildman–Crippen LogP) is -0.758. The van der Waals surface area contributed by atoms with E-state index in [1.165, 1.54) is 6.42 Å². The molecule has 1 unspecified atom stereocenters. The molecule has 2 fully saturated rings. The minimum atomic E-state index is -3.24. The average Bonchev–Trinajstić information content (AvgIpc) is 2.82. The highest BCUT2D eigenvalue weighted by molar-refractivity contribution is 7.87. The molecule has 2 N–H and O–H groups in total. The molecular weight excluding hydrogens is 276 g/mol. The van der Waals surface area contributed by atoms with Crippen LogP contribution in [0.3, 0.4) is 0 Å². The van der Waals surface area contributed by atoms with Crippen LogP contribution in [0.2, 0.25) is 0 Å². The summed E-state index contributed by atoms with van der Waals surface area (Å²) in [5, 5.41) is 3.35. The summed E-state index contributed by atoms with van der Waals surface area (Å²) in [5.41, 5.74) is 0. The highest BCUT2D eigenvalue weighted by Gasteiger charge is 2.30. The van der Waals surface area contributed by atoms with Crippen molar-refractivity contribution in [3.05, 3.63) is 0 Å². The Bertz CT molecular complexity index is 338. The van der Waals surface area contributed by atoms with Crippen LogP contribution in [0.25, 0.3) is 0 Å². The van der Waals surface area contributed by atoms with E-state index in [1.54, 1.807) is 11.2 Å². The first-order chi connectivity index (χ1) is 8.13. The van der Waals surface area contributed by atoms with E-state index in [4.69, 9.17) is 0 Å². The summed E-state index contributed by atoms with van der Waals surface area (Å²) < 4.78 is 27.7. The fourth-order valence-electron chi connectivity index (χ4n) is 2.53. The third-order valence-corrected chi connectivity index (χ3v) is 5.19. The van der Waals surface area contributed by atoms with Gasteiger partial charge in [-0.3, -0.25) is 4.90 Å². The SMILES string of the molecule is CCNS(=O)(=O)N1CCN(C2CCNC2)CC1.Cl. The van der Waals surface area contributed by atoms with Crippen molar-refractivity contribution in [2.24, 2.45) is 0 Å². The van der Waals surface area contributed by atoms with Gasteiger partial charge in [0.15, 0.2) is 0 Å². The smallest absolute Gasteiger partial charge is 0.279 e. The first-order valence-corrected chi connectivity index (χ1v) is 7.77. The Morgan fingerprint density at radius 2 is 1.94 bits per heavy atom. The molecule has 1 atom stereocenters. The lowest BCUT2D eigenvalue weighted by Gasteiger charge is -2.36. The summed E-state index contributed by atoms with van der Waals surface area (Å²) >= 11 is 0. The van der Waals surface area contributed by atoms with Crippen LogP contribution in [0.1, 0.15) is 13.3 Å². The number of rotatable bonds is 4. The van der Waals surface area contributed by atoms with Gasteiger partial charge in [0, 0.05) is 45.3 Å². The molecule has 0 bridgehead atoms. The summed E-state index contributed by atoms with van der Waals surface area (Å²) in [6.07, 6.45) is 1.18. The highest BCUT2D eigenvalue weighted by atomic mass is 35.5. The summed E-state index contributed by atoms with van der Waals surface area (Å²) in [4.78, 5) is 2.40. The van der Waals surface area contributed by atoms with E-state index < -0.39 is 10.2 Å². The van der Waals surface area contributed by atoms with Gasteiger partial charge < -0.3 is 5.32 Å². The van der Waals surface area contributed by atoms with Crippen LogP contribution in [-0.2, 0) is 10.2 Å². The molecule has 2 rings (SSSR count). The van der Waals surface area contributed by atoms with Crippen molar-refractivity contribution < 1.29 is 8.42 Å². The first-order valence-electron chi connectivity index (χ1n) is 6.33. The van der Waals surface area contributed by atoms with Crippen LogP contribution >= 0.6 is 12.4 Å². The Balaban J connectivity index is 0.00000162. The van der Waals surface area contributed by atoms with E-state index in [-0.39, 0.29) is 12.4 Å². The Labute approximate surface area is 116 Å². The van der Waals surface area contributed by atoms with E-state index in [1.807, 2.05) is 0 Å². The number of piperazine rings is 1. The molecule has 8 heteroatoms. The third-order valence-electron chi connectivity index (χ3n) is 3.49. The van der Waals surface area contributed by atoms with Gasteiger partial charge >= 0.3 is 0 Å². The maximum atomic E-state index is 11.8. The molecule has 2 heterocycles. The fraction of sp³-hybridized carbons (Fsp3) is 1.00. The van der Waals surface area contributed by atoms with E-state index in [2.05, 4.69) is 14.9 Å². The molecule has 0 aliphatic carbocycles. The molecular formula is C10H23ClN4O2S. The molecule has 6 nitrogen and oxygen atoms in total. The van der Waals surface area contributed by atoms with Crippen LogP contribution in [0, 0.1) is 0 Å². The van der Waals surface area contributed by atoms with Crippen LogP contribution < -0.4 is 10.0 Å². The van der Waals surface area contributed by atoms with Crippen LogP contribution in [-0.4, -0.2) is 69.5 Å². The van der Waals surface area contributed by atoms with E-state index in [0.717, 1.165) is 26.2 Å². The van der Waals surface area contributed by atoms with Crippen LogP contribution in [0.5, 0.6) is 0 Å². The van der Waals surface area contributed by atoms with Gasteiger partial charge in [-0.2, -0.15) is 12.7 Å². The molecule has 2 aliphatic rings. The maximum Gasteiger partial charge on any atom is 0.279 e. The fourth-order valence-corrected chi connectivity index (χ4v) is 3.73. The number of nitrogens with zero attached hydrogens (tertiary/aromatic N) is 2. The minimum Gasteiger partial charge on any atom is -0.315 e. The molecule has 2 saturated heterocycles.